The molecule has 184 valence electrons. The van der Waals surface area contributed by atoms with Gasteiger partial charge in [-0.05, 0) is 55.3 Å². The van der Waals surface area contributed by atoms with Crippen molar-refractivity contribution >= 4 is 23.6 Å². The number of benzene rings is 2. The Bertz CT molecular complexity index is 1120. The van der Waals surface area contributed by atoms with Crippen molar-refractivity contribution in [1.29, 1.82) is 0 Å². The molecule has 2 aromatic rings. The summed E-state index contributed by atoms with van der Waals surface area (Å²) in [5, 5.41) is 5.46. The molecule has 2 fully saturated rings. The van der Waals surface area contributed by atoms with Crippen molar-refractivity contribution in [1.82, 2.24) is 20.4 Å². The summed E-state index contributed by atoms with van der Waals surface area (Å²) in [5.41, 5.74) is 0.523. The van der Waals surface area contributed by atoms with E-state index in [0.29, 0.717) is 24.3 Å². The summed E-state index contributed by atoms with van der Waals surface area (Å²) >= 11 is 0. The van der Waals surface area contributed by atoms with E-state index in [1.807, 2.05) is 0 Å². The lowest BCUT2D eigenvalue weighted by Gasteiger charge is -2.41. The number of hydrogen-bond acceptors (Lipinski definition) is 5. The Kier molecular flexibility index (Phi) is 7.28. The Morgan fingerprint density at radius 1 is 1.06 bits per heavy atom. The maximum Gasteiger partial charge on any atom is 0.254 e. The zero-order valence-corrected chi connectivity index (χ0v) is 19.3. The van der Waals surface area contributed by atoms with Crippen molar-refractivity contribution in [3.8, 4) is 5.75 Å². The molecule has 2 aromatic carbocycles. The number of carbonyl (C=O) groups excluding carboxylic acids is 4. The monoisotopic (exact) mass is 482 g/mol. The van der Waals surface area contributed by atoms with Gasteiger partial charge in [-0.1, -0.05) is 6.07 Å². The minimum atomic E-state index is -1.02. The topological polar surface area (TPSA) is 108 Å². The molecule has 4 rings (SSSR count). The van der Waals surface area contributed by atoms with E-state index < -0.39 is 29.7 Å². The van der Waals surface area contributed by atoms with Crippen LogP contribution >= 0.6 is 0 Å². The van der Waals surface area contributed by atoms with E-state index in [2.05, 4.69) is 10.6 Å². The third kappa shape index (κ3) is 5.42. The van der Waals surface area contributed by atoms with Crippen LogP contribution in [0.1, 0.15) is 33.6 Å². The van der Waals surface area contributed by atoms with E-state index in [1.165, 1.54) is 35.1 Å². The molecule has 35 heavy (non-hydrogen) atoms. The Morgan fingerprint density at radius 3 is 2.51 bits per heavy atom. The van der Waals surface area contributed by atoms with Gasteiger partial charge in [0.1, 0.15) is 23.7 Å². The fraction of sp³-hybridized carbons (Fsp3) is 0.360. The van der Waals surface area contributed by atoms with Crippen molar-refractivity contribution in [3.05, 3.63) is 65.5 Å². The number of piperidine rings is 1. The van der Waals surface area contributed by atoms with E-state index in [4.69, 9.17) is 4.74 Å². The summed E-state index contributed by atoms with van der Waals surface area (Å²) in [4.78, 5) is 54.7. The number of methoxy groups -OCH3 is 1. The predicted octanol–water partition coefficient (Wildman–Crippen LogP) is 1.20. The minimum absolute atomic E-state index is 0.0859. The van der Waals surface area contributed by atoms with Crippen LogP contribution in [0.25, 0.3) is 0 Å². The van der Waals surface area contributed by atoms with E-state index in [0.717, 1.165) is 12.5 Å². The van der Waals surface area contributed by atoms with Crippen LogP contribution in [-0.2, 0) is 9.59 Å². The lowest BCUT2D eigenvalue weighted by molar-refractivity contribution is -0.133. The van der Waals surface area contributed by atoms with Gasteiger partial charge in [-0.2, -0.15) is 0 Å². The number of halogens is 1. The van der Waals surface area contributed by atoms with Crippen molar-refractivity contribution < 1.29 is 28.3 Å². The van der Waals surface area contributed by atoms with Crippen LogP contribution in [0.3, 0.4) is 0 Å². The molecule has 0 radical (unpaired) electrons. The molecule has 2 saturated heterocycles. The van der Waals surface area contributed by atoms with Gasteiger partial charge in [-0.15, -0.1) is 0 Å². The highest BCUT2D eigenvalue weighted by atomic mass is 19.1. The molecule has 0 aliphatic carbocycles. The van der Waals surface area contributed by atoms with Gasteiger partial charge in [0.05, 0.1) is 13.7 Å². The lowest BCUT2D eigenvalue weighted by Crippen LogP contribution is -2.63. The second-order valence-electron chi connectivity index (χ2n) is 8.50. The normalized spacial score (nSPS) is 20.1. The summed E-state index contributed by atoms with van der Waals surface area (Å²) in [5.74, 6) is -1.56. The Labute approximate surface area is 202 Å². The molecular weight excluding hydrogens is 455 g/mol. The molecule has 2 N–H and O–H groups in total. The number of ether oxygens (including phenoxy) is 1. The molecule has 0 spiro atoms. The molecule has 2 heterocycles. The second-order valence-corrected chi connectivity index (χ2v) is 8.50. The van der Waals surface area contributed by atoms with Crippen molar-refractivity contribution in [3.63, 3.8) is 0 Å². The van der Waals surface area contributed by atoms with Crippen LogP contribution in [0.4, 0.5) is 4.39 Å². The van der Waals surface area contributed by atoms with Gasteiger partial charge in [0.15, 0.2) is 0 Å². The number of piperazine rings is 1. The SMILES string of the molecule is COc1ccc(C(=O)N2CCN(C(=O)c3cccc(F)c3)C[C@@H]2C(=O)N[C@@H]2CCCNC2=O)cc1. The maximum atomic E-state index is 13.7. The van der Waals surface area contributed by atoms with E-state index in [1.54, 1.807) is 24.3 Å². The highest BCUT2D eigenvalue weighted by molar-refractivity contribution is 6.00. The zero-order chi connectivity index (χ0) is 24.9. The first-order valence-corrected chi connectivity index (χ1v) is 11.5. The molecule has 9 nitrogen and oxygen atoms in total. The first-order valence-electron chi connectivity index (χ1n) is 11.5. The van der Waals surface area contributed by atoms with Gasteiger partial charge in [-0.25, -0.2) is 4.39 Å². The van der Waals surface area contributed by atoms with Crippen LogP contribution in [0.2, 0.25) is 0 Å². The van der Waals surface area contributed by atoms with Gasteiger partial charge in [0.2, 0.25) is 11.8 Å². The lowest BCUT2D eigenvalue weighted by atomic mass is 10.0. The number of amides is 4. The van der Waals surface area contributed by atoms with Crippen molar-refractivity contribution in [2.24, 2.45) is 0 Å². The van der Waals surface area contributed by atoms with Gasteiger partial charge in [0, 0.05) is 30.8 Å². The standard InChI is InChI=1S/C25H27FN4O5/c1-35-19-9-7-16(8-10-19)25(34)30-13-12-29(24(33)17-4-2-5-18(26)14-17)15-21(30)23(32)28-20-6-3-11-27-22(20)31/h2,4-5,7-10,14,20-21H,3,6,11-13,15H2,1H3,(H,27,31)(H,28,32)/t20-,21-/m1/s1. The fourth-order valence-electron chi connectivity index (χ4n) is 4.32. The van der Waals surface area contributed by atoms with Gasteiger partial charge in [-0.3, -0.25) is 19.2 Å². The van der Waals surface area contributed by atoms with E-state index >= 15 is 0 Å². The Morgan fingerprint density at radius 2 is 1.83 bits per heavy atom. The van der Waals surface area contributed by atoms with Gasteiger partial charge < -0.3 is 25.2 Å². The van der Waals surface area contributed by atoms with Crippen LogP contribution in [0.5, 0.6) is 5.75 Å². The number of hydrogen-bond donors (Lipinski definition) is 2. The average Bonchev–Trinajstić information content (AvgIpc) is 2.89. The minimum Gasteiger partial charge on any atom is -0.497 e. The van der Waals surface area contributed by atoms with Gasteiger partial charge >= 0.3 is 0 Å². The summed E-state index contributed by atoms with van der Waals surface area (Å²) in [6, 6.07) is 10.1. The molecule has 10 heteroatoms. The first-order chi connectivity index (χ1) is 16.9. The molecule has 4 amide bonds. The fourth-order valence-corrected chi connectivity index (χ4v) is 4.32. The third-order valence-electron chi connectivity index (χ3n) is 6.24. The Hall–Kier alpha value is -3.95. The van der Waals surface area contributed by atoms with Crippen LogP contribution < -0.4 is 15.4 Å². The second kappa shape index (κ2) is 10.5. The van der Waals surface area contributed by atoms with Crippen molar-refractivity contribution in [2.45, 2.75) is 24.9 Å². The quantitative estimate of drug-likeness (QED) is 0.666. The molecule has 0 bridgehead atoms. The molecule has 2 atom stereocenters. The van der Waals surface area contributed by atoms with Crippen LogP contribution in [-0.4, -0.2) is 78.8 Å². The molecule has 2 aliphatic heterocycles. The molecule has 0 saturated carbocycles. The Balaban J connectivity index is 1.57. The molecular formula is C25H27FN4O5. The summed E-state index contributed by atoms with van der Waals surface area (Å²) in [7, 11) is 1.52. The molecule has 2 aliphatic rings. The predicted molar refractivity (Wildman–Crippen MR) is 124 cm³/mol. The molecule has 0 aromatic heterocycles. The van der Waals surface area contributed by atoms with Crippen LogP contribution in [0.15, 0.2) is 48.5 Å². The highest BCUT2D eigenvalue weighted by Crippen LogP contribution is 2.20. The number of nitrogens with zero attached hydrogens (tertiary/aromatic N) is 2. The highest BCUT2D eigenvalue weighted by Gasteiger charge is 2.39. The van der Waals surface area contributed by atoms with Gasteiger partial charge in [0.25, 0.3) is 11.8 Å². The molecule has 0 unspecified atom stereocenters. The number of nitrogens with one attached hydrogen (secondary N) is 2. The summed E-state index contributed by atoms with van der Waals surface area (Å²) in [6.45, 7) is 0.732. The summed E-state index contributed by atoms with van der Waals surface area (Å²) < 4.78 is 18.8. The smallest absolute Gasteiger partial charge is 0.254 e. The van der Waals surface area contributed by atoms with E-state index in [-0.39, 0.29) is 37.0 Å². The third-order valence-corrected chi connectivity index (χ3v) is 6.24. The largest absolute Gasteiger partial charge is 0.497 e. The van der Waals surface area contributed by atoms with Crippen LogP contribution in [0, 0.1) is 5.82 Å². The van der Waals surface area contributed by atoms with E-state index in [9.17, 15) is 23.6 Å². The maximum absolute atomic E-state index is 13.7. The zero-order valence-electron chi connectivity index (χ0n) is 19.3. The van der Waals surface area contributed by atoms with Crippen molar-refractivity contribution in [2.75, 3.05) is 33.3 Å². The number of carbonyl (C=O) groups is 4. The number of rotatable bonds is 5. The first kappa shape index (κ1) is 24.2. The average molecular weight is 483 g/mol. The summed E-state index contributed by atoms with van der Waals surface area (Å²) in [6.07, 6.45) is 1.21.